The number of rotatable bonds is 0. The lowest BCUT2D eigenvalue weighted by atomic mass is 10.3. The Kier molecular flexibility index (Phi) is 1.61. The number of alkyl halides is 3. The molecule has 1 rings (SSSR count). The van der Waals surface area contributed by atoms with Gasteiger partial charge in [-0.05, 0) is 12.1 Å². The lowest BCUT2D eigenvalue weighted by Gasteiger charge is -2.03. The number of halogens is 3. The molecule has 0 N–H and O–H groups in total. The highest BCUT2D eigenvalue weighted by Crippen LogP contribution is 2.27. The van der Waals surface area contributed by atoms with Crippen LogP contribution in [0.5, 0.6) is 0 Å². The van der Waals surface area contributed by atoms with Crippen molar-refractivity contribution in [2.45, 2.75) is 6.18 Å². The van der Waals surface area contributed by atoms with Gasteiger partial charge in [0.25, 0.3) is 0 Å². The topological polar surface area (TPSA) is 12.9 Å². The van der Waals surface area contributed by atoms with Gasteiger partial charge in [0, 0.05) is 12.4 Å². The molecule has 0 aliphatic rings. The molecule has 0 atom stereocenters. The summed E-state index contributed by atoms with van der Waals surface area (Å²) in [6.45, 7) is 0. The predicted octanol–water partition coefficient (Wildman–Crippen LogP) is 2.10. The number of nitrogens with zero attached hydrogens (tertiary/aromatic N) is 1. The average Bonchev–Trinajstić information content (AvgIpc) is 1.88. The summed E-state index contributed by atoms with van der Waals surface area (Å²) in [5, 5.41) is 0. The third kappa shape index (κ3) is 1.46. The number of hydrogen-bond acceptors (Lipinski definition) is 1. The van der Waals surface area contributed by atoms with Crippen LogP contribution < -0.4 is 0 Å². The van der Waals surface area contributed by atoms with Gasteiger partial charge in [-0.15, -0.1) is 0 Å². The van der Waals surface area contributed by atoms with Gasteiger partial charge in [-0.3, -0.25) is 4.98 Å². The zero-order chi connectivity index (χ0) is 7.61. The minimum atomic E-state index is -4.27. The Labute approximate surface area is 55.5 Å². The standard InChI is InChI=1S/C6H4F3N/c7-6(8,9)5-2-1-3-10-4-5/h1-4H. The molecule has 0 fully saturated rings. The number of hydrogen-bond donors (Lipinski definition) is 0. The third-order valence-corrected chi connectivity index (χ3v) is 0.989. The van der Waals surface area contributed by atoms with Crippen LogP contribution in [0.25, 0.3) is 0 Å². The zero-order valence-electron chi connectivity index (χ0n) is 4.89. The molecule has 0 bridgehead atoms. The third-order valence-electron chi connectivity index (χ3n) is 0.989. The largest absolute Gasteiger partial charge is 0.417 e. The Morgan fingerprint density at radius 1 is 1.30 bits per heavy atom. The molecule has 54 valence electrons. The second-order valence-corrected chi connectivity index (χ2v) is 1.74. The molecular weight excluding hydrogens is 143 g/mol. The van der Waals surface area contributed by atoms with Crippen molar-refractivity contribution in [1.82, 2.24) is 4.98 Å². The van der Waals surface area contributed by atoms with Gasteiger partial charge in [-0.25, -0.2) is 0 Å². The summed E-state index contributed by atoms with van der Waals surface area (Å²) < 4.78 is 35.2. The summed E-state index contributed by atoms with van der Waals surface area (Å²) in [6, 6.07) is 2.23. The highest BCUT2D eigenvalue weighted by atomic mass is 19.4. The molecular formula is C6H4F3N. The molecule has 0 aliphatic carbocycles. The van der Waals surface area contributed by atoms with Crippen LogP contribution in [0.2, 0.25) is 0 Å². The zero-order valence-corrected chi connectivity index (χ0v) is 4.89. The Hall–Kier alpha value is -1.06. The van der Waals surface area contributed by atoms with E-state index in [0.717, 1.165) is 12.3 Å². The molecule has 0 radical (unpaired) electrons. The summed E-state index contributed by atoms with van der Waals surface area (Å²) in [5.74, 6) is 0. The Bertz CT molecular complexity index is 204. The molecule has 0 saturated heterocycles. The first kappa shape index (κ1) is 7.05. The number of aromatic nitrogens is 1. The van der Waals surface area contributed by atoms with Gasteiger partial charge in [0.15, 0.2) is 0 Å². The first-order valence-electron chi connectivity index (χ1n) is 2.58. The van der Waals surface area contributed by atoms with Crippen molar-refractivity contribution >= 4 is 0 Å². The maximum absolute atomic E-state index is 11.7. The normalized spacial score (nSPS) is 11.5. The molecule has 1 heterocycles. The quantitative estimate of drug-likeness (QED) is 0.547. The van der Waals surface area contributed by atoms with Gasteiger partial charge < -0.3 is 0 Å². The lowest BCUT2D eigenvalue weighted by Crippen LogP contribution is -2.04. The van der Waals surface area contributed by atoms with Crippen LogP contribution in [0.1, 0.15) is 5.56 Å². The molecule has 10 heavy (non-hydrogen) atoms. The molecule has 1 aromatic heterocycles. The second kappa shape index (κ2) is 2.28. The first-order chi connectivity index (χ1) is 4.61. The average molecular weight is 147 g/mol. The van der Waals surface area contributed by atoms with Gasteiger partial charge in [0.1, 0.15) is 0 Å². The highest BCUT2D eigenvalue weighted by Gasteiger charge is 2.30. The minimum absolute atomic E-state index is 0.713. The summed E-state index contributed by atoms with van der Waals surface area (Å²) in [7, 11) is 0. The molecule has 0 saturated carbocycles. The Morgan fingerprint density at radius 3 is 2.30 bits per heavy atom. The first-order valence-corrected chi connectivity index (χ1v) is 2.58. The van der Waals surface area contributed by atoms with E-state index in [1.54, 1.807) is 0 Å². The minimum Gasteiger partial charge on any atom is -0.264 e. The second-order valence-electron chi connectivity index (χ2n) is 1.74. The fraction of sp³-hybridized carbons (Fsp3) is 0.167. The van der Waals surface area contributed by atoms with Crippen molar-refractivity contribution in [3.63, 3.8) is 0 Å². The van der Waals surface area contributed by atoms with Crippen LogP contribution in [0.15, 0.2) is 24.5 Å². The molecule has 0 aliphatic heterocycles. The smallest absolute Gasteiger partial charge is 0.264 e. The Morgan fingerprint density at radius 2 is 2.00 bits per heavy atom. The fourth-order valence-electron chi connectivity index (χ4n) is 0.530. The summed E-state index contributed by atoms with van der Waals surface area (Å²) in [5.41, 5.74) is -0.713. The van der Waals surface area contributed by atoms with Crippen molar-refractivity contribution in [2.75, 3.05) is 0 Å². The molecule has 1 nitrogen and oxygen atoms in total. The molecule has 1 aromatic rings. The molecule has 0 amide bonds. The van der Waals surface area contributed by atoms with E-state index >= 15 is 0 Å². The van der Waals surface area contributed by atoms with E-state index < -0.39 is 11.7 Å². The summed E-state index contributed by atoms with van der Waals surface area (Å²) >= 11 is 0. The lowest BCUT2D eigenvalue weighted by molar-refractivity contribution is -0.137. The molecule has 0 spiro atoms. The van der Waals surface area contributed by atoms with Crippen LogP contribution in [-0.2, 0) is 6.18 Å². The van der Waals surface area contributed by atoms with E-state index in [2.05, 4.69) is 4.98 Å². The van der Waals surface area contributed by atoms with E-state index in [-0.39, 0.29) is 0 Å². The van der Waals surface area contributed by atoms with Crippen LogP contribution >= 0.6 is 0 Å². The monoisotopic (exact) mass is 147 g/mol. The van der Waals surface area contributed by atoms with Gasteiger partial charge in [0.05, 0.1) is 5.56 Å². The van der Waals surface area contributed by atoms with E-state index in [9.17, 15) is 13.2 Å². The maximum atomic E-state index is 11.7. The van der Waals surface area contributed by atoms with Gasteiger partial charge >= 0.3 is 6.18 Å². The molecule has 0 aromatic carbocycles. The van der Waals surface area contributed by atoms with Crippen molar-refractivity contribution < 1.29 is 13.2 Å². The van der Waals surface area contributed by atoms with Crippen LogP contribution in [0.4, 0.5) is 13.2 Å². The SMILES string of the molecule is FC(F)(F)c1cccnc1. The van der Waals surface area contributed by atoms with E-state index in [4.69, 9.17) is 0 Å². The fourth-order valence-corrected chi connectivity index (χ4v) is 0.530. The highest BCUT2D eigenvalue weighted by molar-refractivity contribution is 5.11. The molecule has 0 unspecified atom stereocenters. The van der Waals surface area contributed by atoms with Crippen molar-refractivity contribution in [3.05, 3.63) is 30.1 Å². The summed E-state index contributed by atoms with van der Waals surface area (Å²) in [6.07, 6.45) is -2.18. The van der Waals surface area contributed by atoms with E-state index in [1.165, 1.54) is 12.3 Å². The van der Waals surface area contributed by atoms with Gasteiger partial charge in [0.2, 0.25) is 0 Å². The van der Waals surface area contributed by atoms with Gasteiger partial charge in [-0.1, -0.05) is 0 Å². The summed E-state index contributed by atoms with van der Waals surface area (Å²) in [4.78, 5) is 3.33. The predicted molar refractivity (Wildman–Crippen MR) is 29.2 cm³/mol. The van der Waals surface area contributed by atoms with Gasteiger partial charge in [-0.2, -0.15) is 13.2 Å². The molecule has 4 heteroatoms. The van der Waals surface area contributed by atoms with Crippen LogP contribution in [-0.4, -0.2) is 4.98 Å². The van der Waals surface area contributed by atoms with Crippen molar-refractivity contribution in [3.8, 4) is 0 Å². The van der Waals surface area contributed by atoms with Crippen LogP contribution in [0, 0.1) is 0 Å². The van der Waals surface area contributed by atoms with E-state index in [1.807, 2.05) is 0 Å². The maximum Gasteiger partial charge on any atom is 0.417 e. The number of pyridine rings is 1. The Balaban J connectivity index is 2.97. The van der Waals surface area contributed by atoms with Crippen molar-refractivity contribution in [1.29, 1.82) is 0 Å². The van der Waals surface area contributed by atoms with E-state index in [0.29, 0.717) is 0 Å². The van der Waals surface area contributed by atoms with Crippen molar-refractivity contribution in [2.24, 2.45) is 0 Å². The van der Waals surface area contributed by atoms with Crippen LogP contribution in [0.3, 0.4) is 0 Å².